The molecule has 3 heteroatoms. The van der Waals surface area contributed by atoms with Gasteiger partial charge in [0.2, 0.25) is 0 Å². The van der Waals surface area contributed by atoms with Gasteiger partial charge in [-0.2, -0.15) is 35.0 Å². The molecule has 0 bridgehead atoms. The molecule has 0 spiro atoms. The van der Waals surface area contributed by atoms with Gasteiger partial charge in [0.1, 0.15) is 0 Å². The Morgan fingerprint density at radius 2 is 1.19 bits per heavy atom. The largest absolute Gasteiger partial charge is 4.00 e. The predicted octanol–water partition coefficient (Wildman–Crippen LogP) is 5.71. The van der Waals surface area contributed by atoms with Crippen LogP contribution in [-0.4, -0.2) is 0 Å². The van der Waals surface area contributed by atoms with Crippen molar-refractivity contribution in [3.8, 4) is 0 Å². The normalized spacial score (nSPS) is 12.2. The van der Waals surface area contributed by atoms with Crippen LogP contribution in [0.4, 0.5) is 0 Å². The van der Waals surface area contributed by atoms with Crippen LogP contribution in [0.1, 0.15) is 12.8 Å². The van der Waals surface area contributed by atoms with Crippen LogP contribution in [0, 0.1) is 22.9 Å². The third-order valence-corrected chi connectivity index (χ3v) is 3.06. The first-order valence-electron chi connectivity index (χ1n) is 6.22. The van der Waals surface area contributed by atoms with Crippen molar-refractivity contribution in [3.05, 3.63) is 94.4 Å². The fourth-order valence-corrected chi connectivity index (χ4v) is 1.86. The molecule has 0 N–H and O–H groups in total. The van der Waals surface area contributed by atoms with Gasteiger partial charge in [-0.05, 0) is 0 Å². The van der Waals surface area contributed by atoms with Gasteiger partial charge >= 0.3 is 21.7 Å². The minimum absolute atomic E-state index is 0. The third-order valence-electron chi connectivity index (χ3n) is 1.93. The second-order valence-corrected chi connectivity index (χ2v) is 4.96. The van der Waals surface area contributed by atoms with Crippen molar-refractivity contribution >= 4 is 22.7 Å². The van der Waals surface area contributed by atoms with Crippen LogP contribution in [0.5, 0.6) is 0 Å². The van der Waals surface area contributed by atoms with E-state index in [2.05, 4.69) is 35.1 Å². The molecule has 0 saturated carbocycles. The Bertz CT molecular complexity index is 389. The molecule has 2 aromatic rings. The second kappa shape index (κ2) is 17.1. The number of rotatable bonds is 0. The van der Waals surface area contributed by atoms with Crippen molar-refractivity contribution in [1.29, 1.82) is 0 Å². The van der Waals surface area contributed by atoms with E-state index in [4.69, 9.17) is 0 Å². The first-order chi connectivity index (χ1) is 10.0. The maximum atomic E-state index is 2.99. The molecule has 0 fully saturated rings. The molecule has 0 aromatic carbocycles. The molecule has 4 rings (SSSR count). The Hall–Kier alpha value is -0.926. The molecule has 2 aliphatic rings. The van der Waals surface area contributed by atoms with Crippen molar-refractivity contribution < 1.29 is 21.7 Å². The Morgan fingerprint density at radius 1 is 0.714 bits per heavy atom. The fraction of sp³-hybridized carbons (Fsp3) is 0.111. The Kier molecular flexibility index (Phi) is 16.4. The Labute approximate surface area is 151 Å². The summed E-state index contributed by atoms with van der Waals surface area (Å²) < 4.78 is 0. The molecule has 0 atom stereocenters. The second-order valence-electron chi connectivity index (χ2n) is 3.47. The van der Waals surface area contributed by atoms with Crippen molar-refractivity contribution in [2.75, 3.05) is 0 Å². The van der Waals surface area contributed by atoms with Gasteiger partial charge in [-0.1, -0.05) is 0 Å². The molecule has 0 amide bonds. The molecule has 0 nitrogen and oxygen atoms in total. The van der Waals surface area contributed by atoms with Gasteiger partial charge in [0, 0.05) is 0 Å². The molecule has 0 unspecified atom stereocenters. The smallest absolute Gasteiger partial charge is 0.304 e. The van der Waals surface area contributed by atoms with Gasteiger partial charge in [0.25, 0.3) is 0 Å². The maximum absolute atomic E-state index is 2.99. The van der Waals surface area contributed by atoms with Crippen LogP contribution < -0.4 is 0 Å². The monoisotopic (exact) mass is 344 g/mol. The minimum Gasteiger partial charge on any atom is -0.304 e. The Balaban J connectivity index is 0.000000250. The van der Waals surface area contributed by atoms with Crippen LogP contribution in [0.25, 0.3) is 0 Å². The molecular formula is C18H16S2Ti. The van der Waals surface area contributed by atoms with Crippen LogP contribution >= 0.6 is 22.7 Å². The Morgan fingerprint density at radius 3 is 1.29 bits per heavy atom. The maximum Gasteiger partial charge on any atom is 4.00 e. The summed E-state index contributed by atoms with van der Waals surface area (Å²) in [5, 5.41) is 9.78. The van der Waals surface area contributed by atoms with Gasteiger partial charge in [-0.3, -0.25) is 12.2 Å². The van der Waals surface area contributed by atoms with E-state index in [1.54, 1.807) is 22.7 Å². The zero-order valence-corrected chi connectivity index (χ0v) is 14.9. The number of hydrogen-bond donors (Lipinski definition) is 0. The van der Waals surface area contributed by atoms with E-state index in [9.17, 15) is 0 Å². The van der Waals surface area contributed by atoms with Crippen LogP contribution in [-0.2, 0) is 21.7 Å². The van der Waals surface area contributed by atoms with E-state index in [1.165, 1.54) is 0 Å². The molecule has 21 heavy (non-hydrogen) atoms. The van der Waals surface area contributed by atoms with Crippen molar-refractivity contribution in [1.82, 2.24) is 0 Å². The van der Waals surface area contributed by atoms with Crippen LogP contribution in [0.2, 0.25) is 0 Å². The zero-order valence-electron chi connectivity index (χ0n) is 11.7. The van der Waals surface area contributed by atoms with Crippen molar-refractivity contribution in [2.45, 2.75) is 12.8 Å². The van der Waals surface area contributed by atoms with Crippen molar-refractivity contribution in [3.63, 3.8) is 0 Å². The summed E-state index contributed by atoms with van der Waals surface area (Å²) in [6.07, 6.45) is 20.0. The molecule has 2 aromatic heterocycles. The van der Waals surface area contributed by atoms with Crippen LogP contribution in [0.3, 0.4) is 0 Å². The summed E-state index contributed by atoms with van der Waals surface area (Å²) in [4.78, 5) is 0. The topological polar surface area (TPSA) is 0 Å². The van der Waals surface area contributed by atoms with Gasteiger partial charge < -0.3 is 22.7 Å². The molecular weight excluding hydrogens is 328 g/mol. The van der Waals surface area contributed by atoms with Gasteiger partial charge in [-0.15, -0.1) is 23.6 Å². The first kappa shape index (κ1) is 20.1. The molecule has 0 saturated heterocycles. The van der Waals surface area contributed by atoms with E-state index < -0.39 is 0 Å². The average molecular weight is 344 g/mol. The fourth-order valence-electron chi connectivity index (χ4n) is 1.07. The van der Waals surface area contributed by atoms with Crippen LogP contribution in [0.15, 0.2) is 71.5 Å². The average Bonchev–Trinajstić information content (AvgIpc) is 3.40. The molecule has 0 aliphatic heterocycles. The molecule has 104 valence electrons. The van der Waals surface area contributed by atoms with Gasteiger partial charge in [0.15, 0.2) is 0 Å². The standard InChI is InChI=1S/2C5H5.2C4H3S.Ti/c4*1-2-4-5-3-1;/h2*1-3H,4H2;2*1-3H;/q4*-1;+4. The summed E-state index contributed by atoms with van der Waals surface area (Å²) in [5.41, 5.74) is 0. The third kappa shape index (κ3) is 15.3. The summed E-state index contributed by atoms with van der Waals surface area (Å²) in [5.74, 6) is 0. The van der Waals surface area contributed by atoms with Crippen molar-refractivity contribution in [2.24, 2.45) is 0 Å². The summed E-state index contributed by atoms with van der Waals surface area (Å²) in [6, 6.07) is 7.71. The van der Waals surface area contributed by atoms with E-state index >= 15 is 0 Å². The SMILES string of the molecule is [C-]1=CC=CC1.[C-]1=CC=CC1.[Ti+4].[c-]1cccs1.[c-]1cccs1. The van der Waals surface area contributed by atoms with E-state index in [-0.39, 0.29) is 21.7 Å². The minimum atomic E-state index is 0. The van der Waals surface area contributed by atoms with E-state index in [1.807, 2.05) is 59.3 Å². The summed E-state index contributed by atoms with van der Waals surface area (Å²) >= 11 is 3.18. The summed E-state index contributed by atoms with van der Waals surface area (Å²) in [7, 11) is 0. The van der Waals surface area contributed by atoms with Gasteiger partial charge in [-0.25, -0.2) is 36.4 Å². The molecule has 2 heterocycles. The number of hydrogen-bond acceptors (Lipinski definition) is 2. The zero-order chi connectivity index (χ0) is 14.1. The molecule has 2 aliphatic carbocycles. The quantitative estimate of drug-likeness (QED) is 0.424. The van der Waals surface area contributed by atoms with E-state index in [0.717, 1.165) is 12.8 Å². The predicted molar refractivity (Wildman–Crippen MR) is 89.5 cm³/mol. The first-order valence-corrected chi connectivity index (χ1v) is 7.98. The molecule has 0 radical (unpaired) electrons. The summed E-state index contributed by atoms with van der Waals surface area (Å²) in [6.45, 7) is 0. The number of thiophene rings is 2. The van der Waals surface area contributed by atoms with Gasteiger partial charge in [0.05, 0.1) is 0 Å². The number of allylic oxidation sites excluding steroid dienone is 8. The van der Waals surface area contributed by atoms with E-state index in [0.29, 0.717) is 0 Å².